The molecule has 0 radical (unpaired) electrons. The molecule has 2 fully saturated rings. The number of imide groups is 1. The number of carbonyl (C=O) groups excluding carboxylic acids is 2. The van der Waals surface area contributed by atoms with E-state index in [1.807, 2.05) is 18.2 Å². The predicted molar refractivity (Wildman–Crippen MR) is 122 cm³/mol. The summed E-state index contributed by atoms with van der Waals surface area (Å²) < 4.78 is -1.95. The molecule has 1 N–H and O–H groups in total. The second-order valence-corrected chi connectivity index (χ2v) is 10.8. The van der Waals surface area contributed by atoms with Gasteiger partial charge in [-0.05, 0) is 13.3 Å². The molecular weight excluding hydrogens is 531 g/mol. The van der Waals surface area contributed by atoms with Crippen LogP contribution in [0.15, 0.2) is 40.4 Å². The normalized spacial score (nSPS) is 32.8. The number of allylic oxidation sites excluding steroid dienone is 2. The van der Waals surface area contributed by atoms with Gasteiger partial charge in [-0.2, -0.15) is 0 Å². The van der Waals surface area contributed by atoms with Gasteiger partial charge in [0.2, 0.25) is 11.8 Å². The van der Waals surface area contributed by atoms with Crippen LogP contribution in [0.3, 0.4) is 0 Å². The molecule has 4 atom stereocenters. The molecule has 31 heavy (non-hydrogen) atoms. The van der Waals surface area contributed by atoms with Crippen LogP contribution in [0.5, 0.6) is 0 Å². The Bertz CT molecular complexity index is 922. The lowest BCUT2D eigenvalue weighted by Crippen LogP contribution is -2.50. The first-order valence-electron chi connectivity index (χ1n) is 9.24. The lowest BCUT2D eigenvalue weighted by molar-refractivity contribution is -0.142. The van der Waals surface area contributed by atoms with E-state index in [1.165, 1.54) is 5.56 Å². The highest BCUT2D eigenvalue weighted by atomic mass is 35.5. The average molecular weight is 548 g/mol. The van der Waals surface area contributed by atoms with E-state index >= 15 is 0 Å². The van der Waals surface area contributed by atoms with Crippen LogP contribution in [0.2, 0.25) is 0 Å². The molecule has 1 heterocycles. The number of halogens is 6. The molecule has 0 spiro atoms. The van der Waals surface area contributed by atoms with Crippen LogP contribution in [0.25, 0.3) is 0 Å². The minimum absolute atomic E-state index is 0.0796. The number of amides is 2. The first-order chi connectivity index (χ1) is 14.3. The van der Waals surface area contributed by atoms with E-state index in [1.54, 1.807) is 0 Å². The van der Waals surface area contributed by atoms with Gasteiger partial charge in [-0.1, -0.05) is 82.3 Å². The van der Waals surface area contributed by atoms with Crippen molar-refractivity contribution in [3.05, 3.63) is 46.0 Å². The molecule has 5 nitrogen and oxygen atoms in total. The molecule has 2 amide bonds. The number of fused-ring (bicyclic) bond motifs is 5. The Morgan fingerprint density at radius 1 is 0.968 bits per heavy atom. The number of likely N-dealkylation sites (tertiary alicyclic amines) is 1. The van der Waals surface area contributed by atoms with Gasteiger partial charge in [-0.25, -0.2) is 0 Å². The minimum atomic E-state index is -1.95. The van der Waals surface area contributed by atoms with Crippen molar-refractivity contribution in [2.24, 2.45) is 11.8 Å². The van der Waals surface area contributed by atoms with Crippen LogP contribution in [0.4, 0.5) is 0 Å². The number of hydrogen-bond donors (Lipinski definition) is 1. The smallest absolute Gasteiger partial charge is 0.303 e. The van der Waals surface area contributed by atoms with Gasteiger partial charge in [-0.3, -0.25) is 19.3 Å². The standard InChI is InChI=1S/C13H9Cl6NO4.C7H8/c14-7-8(15)12(17)6-5(11(7,16)13(12,18)19)9(23)20(10(6)24)3-1-2-4(21)22;1-7-5-3-2-4-6-7/h5-6H,1-3H2,(H,21,22);2-6H,1H3/t5-,6+,11+,12-;. The largest absolute Gasteiger partial charge is 0.481 e. The Balaban J connectivity index is 0.000000330. The fraction of sp³-hybridized carbons (Fsp3) is 0.450. The van der Waals surface area contributed by atoms with E-state index in [9.17, 15) is 14.4 Å². The van der Waals surface area contributed by atoms with Crippen molar-refractivity contribution in [3.63, 3.8) is 0 Å². The summed E-state index contributed by atoms with van der Waals surface area (Å²) in [5.74, 6) is -4.65. The van der Waals surface area contributed by atoms with Crippen molar-refractivity contribution >= 4 is 87.4 Å². The predicted octanol–water partition coefficient (Wildman–Crippen LogP) is 5.29. The average Bonchev–Trinajstić information content (AvgIpc) is 3.07. The number of alkyl halides is 4. The summed E-state index contributed by atoms with van der Waals surface area (Å²) in [6.07, 6.45) is -0.0995. The summed E-state index contributed by atoms with van der Waals surface area (Å²) in [4.78, 5) is 33.3. The maximum absolute atomic E-state index is 12.7. The van der Waals surface area contributed by atoms with E-state index in [0.717, 1.165) is 4.90 Å². The zero-order valence-electron chi connectivity index (χ0n) is 16.0. The van der Waals surface area contributed by atoms with Crippen LogP contribution in [0.1, 0.15) is 18.4 Å². The summed E-state index contributed by atoms with van der Waals surface area (Å²) in [5, 5.41) is 8.38. The quantitative estimate of drug-likeness (QED) is 0.410. The fourth-order valence-electron chi connectivity index (χ4n) is 4.20. The summed E-state index contributed by atoms with van der Waals surface area (Å²) >= 11 is 38.0. The molecule has 0 aromatic heterocycles. The Kier molecular flexibility index (Phi) is 6.91. The van der Waals surface area contributed by atoms with Gasteiger partial charge in [0.1, 0.15) is 9.75 Å². The van der Waals surface area contributed by atoms with Crippen LogP contribution < -0.4 is 0 Å². The summed E-state index contributed by atoms with van der Waals surface area (Å²) in [6, 6.07) is 10.3. The molecule has 1 aliphatic heterocycles. The molecular formula is C20H17Cl6NO4. The van der Waals surface area contributed by atoms with E-state index in [0.29, 0.717) is 0 Å². The Morgan fingerprint density at radius 2 is 1.42 bits per heavy atom. The number of rotatable bonds is 4. The minimum Gasteiger partial charge on any atom is -0.481 e. The summed E-state index contributed by atoms with van der Waals surface area (Å²) in [5.41, 5.74) is 1.32. The molecule has 4 rings (SSSR count). The van der Waals surface area contributed by atoms with Crippen molar-refractivity contribution in [1.82, 2.24) is 4.90 Å². The molecule has 3 aliphatic rings. The molecule has 0 unspecified atom stereocenters. The molecule has 2 aliphatic carbocycles. The third-order valence-electron chi connectivity index (χ3n) is 5.71. The van der Waals surface area contributed by atoms with Crippen molar-refractivity contribution in [2.45, 2.75) is 33.8 Å². The molecule has 1 aromatic rings. The lowest BCUT2D eigenvalue weighted by Gasteiger charge is -2.34. The molecule has 168 valence electrons. The molecule has 1 saturated heterocycles. The number of hydrogen-bond acceptors (Lipinski definition) is 3. The van der Waals surface area contributed by atoms with Crippen LogP contribution >= 0.6 is 69.6 Å². The third kappa shape index (κ3) is 3.48. The second kappa shape index (κ2) is 8.58. The van der Waals surface area contributed by atoms with E-state index in [2.05, 4.69) is 19.1 Å². The molecule has 1 saturated carbocycles. The van der Waals surface area contributed by atoms with Gasteiger partial charge in [0.15, 0.2) is 4.33 Å². The van der Waals surface area contributed by atoms with Crippen molar-refractivity contribution < 1.29 is 19.5 Å². The second-order valence-electron chi connectivity index (χ2n) is 7.56. The van der Waals surface area contributed by atoms with Gasteiger partial charge in [0.05, 0.1) is 21.9 Å². The number of aryl methyl sites for hydroxylation is 1. The molecule has 2 bridgehead atoms. The molecule has 11 heteroatoms. The van der Waals surface area contributed by atoms with Crippen molar-refractivity contribution in [3.8, 4) is 0 Å². The van der Waals surface area contributed by atoms with E-state index < -0.39 is 43.7 Å². The topological polar surface area (TPSA) is 74.7 Å². The number of carboxylic acids is 1. The lowest BCUT2D eigenvalue weighted by atomic mass is 9.84. The van der Waals surface area contributed by atoms with Crippen molar-refractivity contribution in [1.29, 1.82) is 0 Å². The van der Waals surface area contributed by atoms with Gasteiger partial charge >= 0.3 is 5.97 Å². The number of nitrogens with zero attached hydrogens (tertiary/aromatic N) is 1. The Labute approximate surface area is 209 Å². The highest BCUT2D eigenvalue weighted by Crippen LogP contribution is 2.77. The van der Waals surface area contributed by atoms with Crippen LogP contribution in [-0.4, -0.2) is 48.4 Å². The third-order valence-corrected chi connectivity index (χ3v) is 9.97. The van der Waals surface area contributed by atoms with Gasteiger partial charge in [-0.15, -0.1) is 23.2 Å². The Morgan fingerprint density at radius 3 is 1.77 bits per heavy atom. The Hall–Kier alpha value is -0.690. The SMILES string of the molecule is Cc1ccccc1.O=C(O)CCCN1C(=O)[C@@H]2[C@H](C1=O)[C@]1(Cl)C(Cl)=C(Cl)[C@@]2(Cl)C1(Cl)Cl. The number of aliphatic carboxylic acids is 1. The van der Waals surface area contributed by atoms with E-state index in [-0.39, 0.29) is 29.5 Å². The van der Waals surface area contributed by atoms with E-state index in [4.69, 9.17) is 74.7 Å². The fourth-order valence-corrected chi connectivity index (χ4v) is 7.12. The zero-order valence-corrected chi connectivity index (χ0v) is 20.6. The maximum Gasteiger partial charge on any atom is 0.303 e. The first-order valence-corrected chi connectivity index (χ1v) is 11.5. The summed E-state index contributed by atoms with van der Waals surface area (Å²) in [6.45, 7) is 2.00. The maximum atomic E-state index is 12.7. The highest BCUT2D eigenvalue weighted by molar-refractivity contribution is 6.66. The van der Waals surface area contributed by atoms with Crippen LogP contribution in [0, 0.1) is 18.8 Å². The first kappa shape index (κ1) is 24.9. The van der Waals surface area contributed by atoms with Crippen LogP contribution in [-0.2, 0) is 14.4 Å². The molecule has 1 aromatic carbocycles. The van der Waals surface area contributed by atoms with Gasteiger partial charge in [0, 0.05) is 13.0 Å². The number of carboxylic acid groups (broad SMARTS) is 1. The summed E-state index contributed by atoms with van der Waals surface area (Å²) in [7, 11) is 0. The van der Waals surface area contributed by atoms with Gasteiger partial charge in [0.25, 0.3) is 0 Å². The number of carbonyl (C=O) groups is 3. The van der Waals surface area contributed by atoms with Crippen molar-refractivity contribution in [2.75, 3.05) is 6.54 Å². The highest BCUT2D eigenvalue weighted by Gasteiger charge is 2.87. The van der Waals surface area contributed by atoms with Gasteiger partial charge < -0.3 is 5.11 Å². The monoisotopic (exact) mass is 545 g/mol. The number of benzene rings is 1. The zero-order chi connectivity index (χ0) is 23.4.